The molecule has 1 aliphatic heterocycles. The maximum absolute atomic E-state index is 12.4. The Morgan fingerprint density at radius 1 is 1.06 bits per heavy atom. The van der Waals surface area contributed by atoms with E-state index in [1.807, 2.05) is 17.0 Å². The molecule has 1 saturated heterocycles. The summed E-state index contributed by atoms with van der Waals surface area (Å²) in [6.45, 7) is 3.67. The molecule has 0 saturated carbocycles. The first-order valence-electron chi connectivity index (χ1n) is 10.8. The zero-order chi connectivity index (χ0) is 22.9. The van der Waals surface area contributed by atoms with Crippen molar-refractivity contribution in [3.05, 3.63) is 54.1 Å². The molecule has 2 atom stereocenters. The zero-order valence-electron chi connectivity index (χ0n) is 18.2. The van der Waals surface area contributed by atoms with Crippen molar-refractivity contribution in [3.63, 3.8) is 0 Å². The van der Waals surface area contributed by atoms with Gasteiger partial charge in [-0.1, -0.05) is 25.5 Å². The molecular formula is C24H30N2O6. The van der Waals surface area contributed by atoms with Gasteiger partial charge in [0, 0.05) is 18.8 Å². The Kier molecular flexibility index (Phi) is 8.47. The molecule has 0 bridgehead atoms. The van der Waals surface area contributed by atoms with Crippen LogP contribution in [0.1, 0.15) is 25.3 Å². The average Bonchev–Trinajstić information content (AvgIpc) is 3.09. The Bertz CT molecular complexity index is 884. The van der Waals surface area contributed by atoms with E-state index in [2.05, 4.69) is 12.2 Å². The number of anilines is 1. The molecule has 8 nitrogen and oxygen atoms in total. The third-order valence-corrected chi connectivity index (χ3v) is 5.15. The normalized spacial score (nSPS) is 18.3. The minimum atomic E-state index is -0.893. The molecule has 1 fully saturated rings. The second kappa shape index (κ2) is 11.5. The fourth-order valence-electron chi connectivity index (χ4n) is 3.49. The number of aliphatic hydroxyl groups is 1. The summed E-state index contributed by atoms with van der Waals surface area (Å²) in [4.78, 5) is 25.0. The molecule has 2 aromatic rings. The first-order valence-corrected chi connectivity index (χ1v) is 10.8. The molecule has 1 heterocycles. The lowest BCUT2D eigenvalue weighted by Crippen LogP contribution is -2.33. The van der Waals surface area contributed by atoms with Crippen molar-refractivity contribution in [2.45, 2.75) is 38.4 Å². The molecule has 1 aliphatic rings. The van der Waals surface area contributed by atoms with Gasteiger partial charge in [0.1, 0.15) is 23.7 Å². The number of carbonyl (C=O) groups is 2. The van der Waals surface area contributed by atoms with Crippen LogP contribution in [0.25, 0.3) is 0 Å². The van der Waals surface area contributed by atoms with Crippen molar-refractivity contribution in [2.24, 2.45) is 0 Å². The standard InChI is InChI=1S/C24H30N2O6/c1-2-3-12-31-19-10-6-18(7-11-19)25-23(28)16-26-14-21(27)22(15-26)32-20-8-4-17(5-9-20)13-24(29)30/h4-11,21-22,27H,2-3,12-16H2,1H3,(H,25,28)(H,29,30)/t21-,22-/m1/s1. The molecule has 32 heavy (non-hydrogen) atoms. The summed E-state index contributed by atoms with van der Waals surface area (Å²) < 4.78 is 11.5. The Morgan fingerprint density at radius 3 is 2.41 bits per heavy atom. The summed E-state index contributed by atoms with van der Waals surface area (Å²) in [5.41, 5.74) is 1.36. The molecule has 0 unspecified atom stereocenters. The van der Waals surface area contributed by atoms with Gasteiger partial charge < -0.3 is 25.0 Å². The number of rotatable bonds is 11. The van der Waals surface area contributed by atoms with Crippen molar-refractivity contribution in [1.82, 2.24) is 4.90 Å². The maximum Gasteiger partial charge on any atom is 0.307 e. The number of hydrogen-bond donors (Lipinski definition) is 3. The highest BCUT2D eigenvalue weighted by Gasteiger charge is 2.33. The van der Waals surface area contributed by atoms with E-state index in [-0.39, 0.29) is 18.9 Å². The van der Waals surface area contributed by atoms with Gasteiger partial charge in [-0.25, -0.2) is 0 Å². The fourth-order valence-corrected chi connectivity index (χ4v) is 3.49. The van der Waals surface area contributed by atoms with E-state index in [1.54, 1.807) is 36.4 Å². The number of β-amino-alcohol motifs (C(OH)–C–C–N with tert-alkyl or cyclic N) is 1. The van der Waals surface area contributed by atoms with E-state index in [1.165, 1.54) is 0 Å². The maximum atomic E-state index is 12.4. The van der Waals surface area contributed by atoms with Gasteiger partial charge in [-0.15, -0.1) is 0 Å². The van der Waals surface area contributed by atoms with Crippen LogP contribution in [0.15, 0.2) is 48.5 Å². The van der Waals surface area contributed by atoms with Crippen molar-refractivity contribution in [3.8, 4) is 11.5 Å². The second-order valence-electron chi connectivity index (χ2n) is 7.91. The van der Waals surface area contributed by atoms with Crippen LogP contribution in [-0.2, 0) is 16.0 Å². The Balaban J connectivity index is 1.45. The average molecular weight is 443 g/mol. The van der Waals surface area contributed by atoms with Crippen LogP contribution in [0.3, 0.4) is 0 Å². The van der Waals surface area contributed by atoms with Crippen LogP contribution in [0.5, 0.6) is 11.5 Å². The summed E-state index contributed by atoms with van der Waals surface area (Å²) in [6, 6.07) is 14.0. The first-order chi connectivity index (χ1) is 15.4. The van der Waals surface area contributed by atoms with Gasteiger partial charge in [0.25, 0.3) is 0 Å². The minimum absolute atomic E-state index is 0.0518. The summed E-state index contributed by atoms with van der Waals surface area (Å²) in [5, 5.41) is 22.0. The number of amides is 1. The molecule has 3 rings (SSSR count). The lowest BCUT2D eigenvalue weighted by Gasteiger charge is -2.17. The molecule has 2 aromatic carbocycles. The first kappa shape index (κ1) is 23.6. The lowest BCUT2D eigenvalue weighted by atomic mass is 10.1. The predicted octanol–water partition coefficient (Wildman–Crippen LogP) is 2.56. The number of carbonyl (C=O) groups excluding carboxylic acids is 1. The summed E-state index contributed by atoms with van der Waals surface area (Å²) >= 11 is 0. The van der Waals surface area contributed by atoms with Gasteiger partial charge in [0.05, 0.1) is 19.6 Å². The van der Waals surface area contributed by atoms with Crippen LogP contribution >= 0.6 is 0 Å². The lowest BCUT2D eigenvalue weighted by molar-refractivity contribution is -0.136. The van der Waals surface area contributed by atoms with Crippen LogP contribution in [-0.4, -0.2) is 65.4 Å². The largest absolute Gasteiger partial charge is 0.494 e. The fraction of sp³-hybridized carbons (Fsp3) is 0.417. The predicted molar refractivity (Wildman–Crippen MR) is 120 cm³/mol. The quantitative estimate of drug-likeness (QED) is 0.459. The number of likely N-dealkylation sites (tertiary alicyclic amines) is 1. The Labute approximate surface area is 187 Å². The molecule has 0 aliphatic carbocycles. The number of aliphatic carboxylic acids is 1. The van der Waals surface area contributed by atoms with Crippen LogP contribution in [0.2, 0.25) is 0 Å². The van der Waals surface area contributed by atoms with Gasteiger partial charge in [-0.2, -0.15) is 0 Å². The number of ether oxygens (including phenoxy) is 2. The van der Waals surface area contributed by atoms with E-state index in [0.717, 1.165) is 18.6 Å². The summed E-state index contributed by atoms with van der Waals surface area (Å²) in [7, 11) is 0. The second-order valence-corrected chi connectivity index (χ2v) is 7.91. The van der Waals surface area contributed by atoms with Gasteiger partial charge in [-0.05, 0) is 48.4 Å². The van der Waals surface area contributed by atoms with E-state index >= 15 is 0 Å². The zero-order valence-corrected chi connectivity index (χ0v) is 18.2. The number of carboxylic acid groups (broad SMARTS) is 1. The summed E-state index contributed by atoms with van der Waals surface area (Å²) in [6.07, 6.45) is 0.837. The van der Waals surface area contributed by atoms with E-state index in [0.29, 0.717) is 36.7 Å². The number of nitrogens with one attached hydrogen (secondary N) is 1. The molecule has 0 spiro atoms. The van der Waals surface area contributed by atoms with Gasteiger partial charge >= 0.3 is 5.97 Å². The summed E-state index contributed by atoms with van der Waals surface area (Å²) in [5.74, 6) is 0.261. The molecule has 3 N–H and O–H groups in total. The number of aliphatic hydroxyl groups excluding tert-OH is 1. The molecule has 0 radical (unpaired) electrons. The third kappa shape index (κ3) is 7.25. The smallest absolute Gasteiger partial charge is 0.307 e. The highest BCUT2D eigenvalue weighted by molar-refractivity contribution is 5.92. The highest BCUT2D eigenvalue weighted by Crippen LogP contribution is 2.20. The van der Waals surface area contributed by atoms with Crippen molar-refractivity contribution in [1.29, 1.82) is 0 Å². The number of carboxylic acids is 1. The highest BCUT2D eigenvalue weighted by atomic mass is 16.5. The van der Waals surface area contributed by atoms with Gasteiger partial charge in [0.2, 0.25) is 5.91 Å². The molecule has 1 amide bonds. The van der Waals surface area contributed by atoms with Crippen LogP contribution in [0.4, 0.5) is 5.69 Å². The Hall–Kier alpha value is -3.10. The molecule has 172 valence electrons. The number of hydrogen-bond acceptors (Lipinski definition) is 6. The molecule has 0 aromatic heterocycles. The van der Waals surface area contributed by atoms with E-state index in [4.69, 9.17) is 14.6 Å². The van der Waals surface area contributed by atoms with E-state index in [9.17, 15) is 14.7 Å². The minimum Gasteiger partial charge on any atom is -0.494 e. The molecule has 8 heteroatoms. The van der Waals surface area contributed by atoms with Crippen molar-refractivity contribution in [2.75, 3.05) is 31.6 Å². The van der Waals surface area contributed by atoms with Gasteiger partial charge in [0.15, 0.2) is 0 Å². The van der Waals surface area contributed by atoms with Crippen molar-refractivity contribution < 1.29 is 29.3 Å². The van der Waals surface area contributed by atoms with E-state index < -0.39 is 18.2 Å². The topological polar surface area (TPSA) is 108 Å². The molecular weight excluding hydrogens is 412 g/mol. The SMILES string of the molecule is CCCCOc1ccc(NC(=O)CN2C[C@@H](O)[C@H](Oc3ccc(CC(=O)O)cc3)C2)cc1. The van der Waals surface area contributed by atoms with Crippen LogP contribution < -0.4 is 14.8 Å². The number of benzene rings is 2. The van der Waals surface area contributed by atoms with Crippen molar-refractivity contribution >= 4 is 17.6 Å². The monoisotopic (exact) mass is 442 g/mol. The number of unbranched alkanes of at least 4 members (excludes halogenated alkanes) is 1. The third-order valence-electron chi connectivity index (χ3n) is 5.15. The van der Waals surface area contributed by atoms with Crippen LogP contribution in [0, 0.1) is 0 Å². The Morgan fingerprint density at radius 2 is 1.75 bits per heavy atom. The van der Waals surface area contributed by atoms with Gasteiger partial charge in [-0.3, -0.25) is 14.5 Å². The number of nitrogens with zero attached hydrogens (tertiary/aromatic N) is 1.